The highest BCUT2D eigenvalue weighted by molar-refractivity contribution is 5.90. The van der Waals surface area contributed by atoms with Gasteiger partial charge in [-0.25, -0.2) is 0 Å². The van der Waals surface area contributed by atoms with E-state index in [-0.39, 0.29) is 12.5 Å². The Bertz CT molecular complexity index is 326. The first-order valence-corrected chi connectivity index (χ1v) is 5.61. The summed E-state index contributed by atoms with van der Waals surface area (Å²) in [5, 5.41) is 2.46. The summed E-state index contributed by atoms with van der Waals surface area (Å²) in [4.78, 5) is 22.1. The Morgan fingerprint density at radius 1 is 1.24 bits per heavy atom. The molecular weight excluding hydrogens is 218 g/mol. The third-order valence-corrected chi connectivity index (χ3v) is 2.10. The number of hydrogen-bond acceptors (Lipinski definition) is 3. The van der Waals surface area contributed by atoms with Gasteiger partial charge >= 0.3 is 5.97 Å². The van der Waals surface area contributed by atoms with Gasteiger partial charge in [-0.15, -0.1) is 0 Å². The zero-order chi connectivity index (χ0) is 13.3. The fraction of sp³-hybridized carbons (Fsp3) is 0.538. The van der Waals surface area contributed by atoms with Crippen LogP contribution in [0.25, 0.3) is 0 Å². The van der Waals surface area contributed by atoms with Crippen molar-refractivity contribution in [1.29, 1.82) is 0 Å². The van der Waals surface area contributed by atoms with Crippen LogP contribution in [0.4, 0.5) is 0 Å². The number of methoxy groups -OCH3 is 1. The van der Waals surface area contributed by atoms with E-state index in [4.69, 9.17) is 0 Å². The van der Waals surface area contributed by atoms with Crippen LogP contribution in [0.5, 0.6) is 0 Å². The third kappa shape index (κ3) is 9.35. The van der Waals surface area contributed by atoms with Gasteiger partial charge < -0.3 is 10.1 Å². The van der Waals surface area contributed by atoms with E-state index in [0.717, 1.165) is 18.4 Å². The number of esters is 1. The zero-order valence-electron chi connectivity index (χ0n) is 11.0. The second kappa shape index (κ2) is 8.56. The van der Waals surface area contributed by atoms with Crippen LogP contribution in [-0.4, -0.2) is 25.5 Å². The van der Waals surface area contributed by atoms with Gasteiger partial charge in [0.1, 0.15) is 6.54 Å². The van der Waals surface area contributed by atoms with Crippen molar-refractivity contribution in [2.75, 3.05) is 13.7 Å². The molecule has 4 nitrogen and oxygen atoms in total. The topological polar surface area (TPSA) is 55.4 Å². The van der Waals surface area contributed by atoms with E-state index in [0.29, 0.717) is 0 Å². The van der Waals surface area contributed by atoms with Crippen molar-refractivity contribution in [3.63, 3.8) is 0 Å². The Kier molecular flexibility index (Phi) is 7.76. The zero-order valence-corrected chi connectivity index (χ0v) is 11.0. The number of nitrogens with one attached hydrogen (secondary N) is 1. The van der Waals surface area contributed by atoms with Gasteiger partial charge in [-0.3, -0.25) is 9.59 Å². The number of carbonyl (C=O) groups is 2. The summed E-state index contributed by atoms with van der Waals surface area (Å²) in [6.07, 6.45) is 5.41. The molecule has 0 unspecified atom stereocenters. The predicted octanol–water partition coefficient (Wildman–Crippen LogP) is 1.97. The van der Waals surface area contributed by atoms with Crippen molar-refractivity contribution in [3.8, 4) is 0 Å². The van der Waals surface area contributed by atoms with Crippen LogP contribution in [0.2, 0.25) is 0 Å². The number of amides is 1. The Morgan fingerprint density at radius 2 is 1.88 bits per heavy atom. The van der Waals surface area contributed by atoms with Crippen LogP contribution in [0.3, 0.4) is 0 Å². The van der Waals surface area contributed by atoms with Crippen molar-refractivity contribution < 1.29 is 14.3 Å². The molecule has 96 valence electrons. The van der Waals surface area contributed by atoms with E-state index in [1.165, 1.54) is 18.8 Å². The summed E-state index contributed by atoms with van der Waals surface area (Å²) in [7, 11) is 1.29. The first-order chi connectivity index (χ1) is 7.95. The second-order valence-electron chi connectivity index (χ2n) is 4.10. The van der Waals surface area contributed by atoms with Crippen LogP contribution < -0.4 is 5.32 Å². The minimum Gasteiger partial charge on any atom is -0.468 e. The molecular formula is C13H21NO3. The normalized spacial score (nSPS) is 10.7. The van der Waals surface area contributed by atoms with Gasteiger partial charge in [0.05, 0.1) is 7.11 Å². The molecule has 4 heteroatoms. The lowest BCUT2D eigenvalue weighted by molar-refractivity contribution is -0.140. The van der Waals surface area contributed by atoms with Crippen LogP contribution in [0.1, 0.15) is 33.6 Å². The Hall–Kier alpha value is -1.58. The van der Waals surface area contributed by atoms with Gasteiger partial charge in [0.2, 0.25) is 5.91 Å². The average molecular weight is 239 g/mol. The molecule has 0 bridgehead atoms. The van der Waals surface area contributed by atoms with Crippen LogP contribution in [0, 0.1) is 0 Å². The Balaban J connectivity index is 3.98. The molecule has 0 spiro atoms. The highest BCUT2D eigenvalue weighted by atomic mass is 16.5. The van der Waals surface area contributed by atoms with E-state index in [1.807, 2.05) is 20.8 Å². The molecule has 0 saturated heterocycles. The summed E-state index contributed by atoms with van der Waals surface area (Å²) >= 11 is 0. The molecule has 1 amide bonds. The van der Waals surface area contributed by atoms with Crippen LogP contribution in [0.15, 0.2) is 23.3 Å². The molecule has 0 aliphatic rings. The first kappa shape index (κ1) is 15.4. The van der Waals surface area contributed by atoms with Gasteiger partial charge in [0.25, 0.3) is 0 Å². The fourth-order valence-electron chi connectivity index (χ4n) is 1.17. The van der Waals surface area contributed by atoms with Crippen molar-refractivity contribution in [3.05, 3.63) is 23.3 Å². The molecule has 17 heavy (non-hydrogen) atoms. The maximum atomic E-state index is 11.4. The van der Waals surface area contributed by atoms with E-state index < -0.39 is 5.97 Å². The molecule has 0 aliphatic heterocycles. The van der Waals surface area contributed by atoms with E-state index in [2.05, 4.69) is 16.1 Å². The number of carbonyl (C=O) groups excluding carboxylic acids is 2. The van der Waals surface area contributed by atoms with E-state index in [9.17, 15) is 9.59 Å². The van der Waals surface area contributed by atoms with Crippen molar-refractivity contribution in [1.82, 2.24) is 5.32 Å². The fourth-order valence-corrected chi connectivity index (χ4v) is 1.17. The molecule has 1 N–H and O–H groups in total. The SMILES string of the molecule is COC(=O)CNC(=O)C=C(C)CCC=C(C)C. The molecule has 0 aliphatic carbocycles. The maximum absolute atomic E-state index is 11.4. The highest BCUT2D eigenvalue weighted by Gasteiger charge is 2.02. The number of rotatable bonds is 6. The van der Waals surface area contributed by atoms with Crippen LogP contribution in [-0.2, 0) is 14.3 Å². The smallest absolute Gasteiger partial charge is 0.325 e. The molecule has 0 aromatic heterocycles. The Labute approximate surface area is 103 Å². The minimum absolute atomic E-state index is 0.0902. The van der Waals surface area contributed by atoms with E-state index >= 15 is 0 Å². The van der Waals surface area contributed by atoms with Crippen molar-refractivity contribution in [2.45, 2.75) is 33.6 Å². The van der Waals surface area contributed by atoms with Crippen LogP contribution >= 0.6 is 0 Å². The number of hydrogen-bond donors (Lipinski definition) is 1. The van der Waals surface area contributed by atoms with E-state index in [1.54, 1.807) is 0 Å². The summed E-state index contributed by atoms with van der Waals surface area (Å²) in [6.45, 7) is 5.90. The monoisotopic (exact) mass is 239 g/mol. The molecule has 0 radical (unpaired) electrons. The van der Waals surface area contributed by atoms with Gasteiger partial charge in [-0.05, 0) is 33.6 Å². The van der Waals surface area contributed by atoms with Gasteiger partial charge in [-0.2, -0.15) is 0 Å². The molecule has 0 atom stereocenters. The molecule has 0 rings (SSSR count). The average Bonchev–Trinajstić information content (AvgIpc) is 2.25. The number of allylic oxidation sites excluding steroid dienone is 3. The lowest BCUT2D eigenvalue weighted by Gasteiger charge is -2.02. The van der Waals surface area contributed by atoms with Crippen molar-refractivity contribution in [2.24, 2.45) is 0 Å². The molecule has 0 saturated carbocycles. The summed E-state index contributed by atoms with van der Waals surface area (Å²) < 4.78 is 4.41. The Morgan fingerprint density at radius 3 is 2.41 bits per heavy atom. The number of ether oxygens (including phenoxy) is 1. The van der Waals surface area contributed by atoms with Gasteiger partial charge in [0.15, 0.2) is 0 Å². The summed E-state index contributed by atoms with van der Waals surface area (Å²) in [5.41, 5.74) is 2.26. The first-order valence-electron chi connectivity index (χ1n) is 5.61. The highest BCUT2D eigenvalue weighted by Crippen LogP contribution is 2.06. The lowest BCUT2D eigenvalue weighted by atomic mass is 10.1. The maximum Gasteiger partial charge on any atom is 0.325 e. The molecule has 0 heterocycles. The standard InChI is InChI=1S/C13H21NO3/c1-10(2)6-5-7-11(3)8-12(15)14-9-13(16)17-4/h6,8H,5,7,9H2,1-4H3,(H,14,15). The van der Waals surface area contributed by atoms with Gasteiger partial charge in [0, 0.05) is 6.08 Å². The quantitative estimate of drug-likeness (QED) is 0.438. The minimum atomic E-state index is -0.450. The second-order valence-corrected chi connectivity index (χ2v) is 4.10. The summed E-state index contributed by atoms with van der Waals surface area (Å²) in [6, 6.07) is 0. The van der Waals surface area contributed by atoms with Gasteiger partial charge in [-0.1, -0.05) is 17.2 Å². The molecule has 0 aromatic rings. The lowest BCUT2D eigenvalue weighted by Crippen LogP contribution is -2.28. The predicted molar refractivity (Wildman–Crippen MR) is 67.4 cm³/mol. The molecule has 0 aromatic carbocycles. The molecule has 0 fully saturated rings. The largest absolute Gasteiger partial charge is 0.468 e. The summed E-state index contributed by atoms with van der Waals surface area (Å²) in [5.74, 6) is -0.709. The third-order valence-electron chi connectivity index (χ3n) is 2.10. The van der Waals surface area contributed by atoms with Crippen molar-refractivity contribution >= 4 is 11.9 Å².